The van der Waals surface area contributed by atoms with Gasteiger partial charge >= 0.3 is 6.18 Å². The van der Waals surface area contributed by atoms with Gasteiger partial charge in [0.2, 0.25) is 5.91 Å². The van der Waals surface area contributed by atoms with E-state index < -0.39 is 23.9 Å². The fraction of sp³-hybridized carbons (Fsp3) is 0.400. The maximum Gasteiger partial charge on any atom is 0.405 e. The third kappa shape index (κ3) is 5.59. The number of thioether (sulfide) groups is 1. The standard InChI is InChI=1S/C10H10ClF3N2OS/c1-6(9(17)16-5-10(12,13)14)18-8-3-2-7(11)4-15-8/h2-4,6H,5H2,1H3,(H,16,17)/t6-/m0/s1. The van der Waals surface area contributed by atoms with Crippen molar-refractivity contribution in [2.24, 2.45) is 0 Å². The molecule has 18 heavy (non-hydrogen) atoms. The molecule has 0 saturated carbocycles. The van der Waals surface area contributed by atoms with Crippen LogP contribution in [0.3, 0.4) is 0 Å². The number of aromatic nitrogens is 1. The quantitative estimate of drug-likeness (QED) is 0.869. The zero-order chi connectivity index (χ0) is 13.8. The summed E-state index contributed by atoms with van der Waals surface area (Å²) in [7, 11) is 0. The van der Waals surface area contributed by atoms with Gasteiger partial charge in [-0.2, -0.15) is 13.2 Å². The van der Waals surface area contributed by atoms with Crippen LogP contribution >= 0.6 is 23.4 Å². The van der Waals surface area contributed by atoms with Crippen LogP contribution < -0.4 is 5.32 Å². The second kappa shape index (κ2) is 6.29. The molecule has 0 radical (unpaired) electrons. The van der Waals surface area contributed by atoms with E-state index in [1.165, 1.54) is 13.1 Å². The van der Waals surface area contributed by atoms with Crippen molar-refractivity contribution in [3.63, 3.8) is 0 Å². The van der Waals surface area contributed by atoms with Crippen molar-refractivity contribution in [3.8, 4) is 0 Å². The molecule has 0 unspecified atom stereocenters. The van der Waals surface area contributed by atoms with Crippen LogP contribution in [0.1, 0.15) is 6.92 Å². The molecule has 1 atom stereocenters. The molecule has 0 spiro atoms. The van der Waals surface area contributed by atoms with E-state index in [1.54, 1.807) is 12.1 Å². The molecule has 0 saturated heterocycles. The topological polar surface area (TPSA) is 42.0 Å². The number of nitrogens with zero attached hydrogens (tertiary/aromatic N) is 1. The Morgan fingerprint density at radius 3 is 2.72 bits per heavy atom. The monoisotopic (exact) mass is 298 g/mol. The average Bonchev–Trinajstić information content (AvgIpc) is 2.28. The molecule has 1 N–H and O–H groups in total. The summed E-state index contributed by atoms with van der Waals surface area (Å²) in [6, 6.07) is 3.19. The summed E-state index contributed by atoms with van der Waals surface area (Å²) in [6.07, 6.45) is -3.00. The highest BCUT2D eigenvalue weighted by Gasteiger charge is 2.28. The number of amides is 1. The highest BCUT2D eigenvalue weighted by molar-refractivity contribution is 8.00. The Labute approximate surface area is 111 Å². The van der Waals surface area contributed by atoms with Crippen molar-refractivity contribution in [1.29, 1.82) is 0 Å². The largest absolute Gasteiger partial charge is 0.405 e. The van der Waals surface area contributed by atoms with Gasteiger partial charge in [-0.05, 0) is 19.1 Å². The van der Waals surface area contributed by atoms with Gasteiger partial charge in [0.25, 0.3) is 0 Å². The molecule has 1 aromatic rings. The van der Waals surface area contributed by atoms with E-state index in [4.69, 9.17) is 11.6 Å². The second-order valence-corrected chi connectivity index (χ2v) is 5.21. The molecule has 0 aliphatic heterocycles. The smallest absolute Gasteiger partial charge is 0.346 e. The zero-order valence-electron chi connectivity index (χ0n) is 9.29. The molecule has 8 heteroatoms. The van der Waals surface area contributed by atoms with Gasteiger partial charge in [-0.1, -0.05) is 23.4 Å². The summed E-state index contributed by atoms with van der Waals surface area (Å²) in [5, 5.41) is 2.12. The van der Waals surface area contributed by atoms with Crippen molar-refractivity contribution in [2.75, 3.05) is 6.54 Å². The summed E-state index contributed by atoms with van der Waals surface area (Å²) in [6.45, 7) is 0.178. The molecular weight excluding hydrogens is 289 g/mol. The number of hydrogen-bond acceptors (Lipinski definition) is 3. The number of halogens is 4. The summed E-state index contributed by atoms with van der Waals surface area (Å²) in [4.78, 5) is 15.3. The molecule has 1 amide bonds. The number of nitrogens with one attached hydrogen (secondary N) is 1. The average molecular weight is 299 g/mol. The predicted octanol–water partition coefficient (Wildman–Crippen LogP) is 2.89. The lowest BCUT2D eigenvalue weighted by atomic mass is 10.4. The van der Waals surface area contributed by atoms with E-state index in [9.17, 15) is 18.0 Å². The molecule has 0 aromatic carbocycles. The van der Waals surface area contributed by atoms with E-state index in [2.05, 4.69) is 4.98 Å². The molecule has 0 aliphatic carbocycles. The van der Waals surface area contributed by atoms with Gasteiger partial charge in [0.05, 0.1) is 15.3 Å². The molecule has 1 aromatic heterocycles. The summed E-state index contributed by atoms with van der Waals surface area (Å²) in [5.74, 6) is -0.686. The lowest BCUT2D eigenvalue weighted by Gasteiger charge is -2.12. The predicted molar refractivity (Wildman–Crippen MR) is 63.6 cm³/mol. The highest BCUT2D eigenvalue weighted by Crippen LogP contribution is 2.22. The molecule has 0 bridgehead atoms. The van der Waals surface area contributed by atoms with Crippen LogP contribution in [-0.4, -0.2) is 28.9 Å². The minimum absolute atomic E-state index is 0.452. The van der Waals surface area contributed by atoms with E-state index in [0.717, 1.165) is 11.8 Å². The number of carbonyl (C=O) groups is 1. The first kappa shape index (κ1) is 15.1. The summed E-state index contributed by atoms with van der Waals surface area (Å²) in [5.41, 5.74) is 0. The first-order valence-electron chi connectivity index (χ1n) is 4.90. The normalized spacial score (nSPS) is 13.2. The molecule has 1 rings (SSSR count). The summed E-state index contributed by atoms with van der Waals surface area (Å²) >= 11 is 6.70. The maximum absolute atomic E-state index is 11.9. The van der Waals surface area contributed by atoms with Crippen LogP contribution in [0, 0.1) is 0 Å². The molecular formula is C10H10ClF3N2OS. The van der Waals surface area contributed by atoms with Gasteiger partial charge in [-0.15, -0.1) is 0 Å². The number of pyridine rings is 1. The minimum Gasteiger partial charge on any atom is -0.346 e. The van der Waals surface area contributed by atoms with E-state index >= 15 is 0 Å². The van der Waals surface area contributed by atoms with Crippen molar-refractivity contribution in [2.45, 2.75) is 23.4 Å². The number of alkyl halides is 3. The lowest BCUT2D eigenvalue weighted by Crippen LogP contribution is -2.37. The van der Waals surface area contributed by atoms with Gasteiger partial charge < -0.3 is 5.32 Å². The Morgan fingerprint density at radius 2 is 2.22 bits per heavy atom. The van der Waals surface area contributed by atoms with E-state index in [0.29, 0.717) is 10.0 Å². The lowest BCUT2D eigenvalue weighted by molar-refractivity contribution is -0.137. The summed E-state index contributed by atoms with van der Waals surface area (Å²) < 4.78 is 35.7. The third-order valence-electron chi connectivity index (χ3n) is 1.83. The Balaban J connectivity index is 2.47. The Kier molecular flexibility index (Phi) is 5.28. The molecule has 3 nitrogen and oxygen atoms in total. The van der Waals surface area contributed by atoms with Crippen LogP contribution in [0.15, 0.2) is 23.4 Å². The Bertz CT molecular complexity index is 411. The van der Waals surface area contributed by atoms with Gasteiger partial charge in [0.15, 0.2) is 0 Å². The van der Waals surface area contributed by atoms with E-state index in [1.807, 2.05) is 5.32 Å². The van der Waals surface area contributed by atoms with Gasteiger partial charge in [0.1, 0.15) is 6.54 Å². The Hall–Kier alpha value is -0.950. The second-order valence-electron chi connectivity index (χ2n) is 3.41. The van der Waals surface area contributed by atoms with Gasteiger partial charge in [-0.25, -0.2) is 4.98 Å². The van der Waals surface area contributed by atoms with Crippen LogP contribution in [0.5, 0.6) is 0 Å². The highest BCUT2D eigenvalue weighted by atomic mass is 35.5. The first-order valence-corrected chi connectivity index (χ1v) is 6.16. The fourth-order valence-electron chi connectivity index (χ4n) is 0.998. The molecule has 0 aliphatic rings. The van der Waals surface area contributed by atoms with Crippen LogP contribution in [-0.2, 0) is 4.79 Å². The molecule has 100 valence electrons. The van der Waals surface area contributed by atoms with Gasteiger partial charge in [0, 0.05) is 6.20 Å². The maximum atomic E-state index is 11.9. The first-order chi connectivity index (χ1) is 8.28. The SMILES string of the molecule is C[C@H](Sc1ccc(Cl)cn1)C(=O)NCC(F)(F)F. The fourth-order valence-corrected chi connectivity index (χ4v) is 1.92. The van der Waals surface area contributed by atoms with Crippen LogP contribution in [0.2, 0.25) is 5.02 Å². The molecule has 0 fully saturated rings. The number of hydrogen-bond donors (Lipinski definition) is 1. The van der Waals surface area contributed by atoms with Gasteiger partial charge in [-0.3, -0.25) is 4.79 Å². The van der Waals surface area contributed by atoms with Crippen LogP contribution in [0.4, 0.5) is 13.2 Å². The number of carbonyl (C=O) groups excluding carboxylic acids is 1. The zero-order valence-corrected chi connectivity index (χ0v) is 10.9. The molecule has 1 heterocycles. The van der Waals surface area contributed by atoms with E-state index in [-0.39, 0.29) is 0 Å². The van der Waals surface area contributed by atoms with Crippen molar-refractivity contribution in [1.82, 2.24) is 10.3 Å². The Morgan fingerprint density at radius 1 is 1.56 bits per heavy atom. The van der Waals surface area contributed by atoms with Crippen molar-refractivity contribution >= 4 is 29.3 Å². The van der Waals surface area contributed by atoms with Crippen molar-refractivity contribution < 1.29 is 18.0 Å². The van der Waals surface area contributed by atoms with Crippen LogP contribution in [0.25, 0.3) is 0 Å². The van der Waals surface area contributed by atoms with Crippen molar-refractivity contribution in [3.05, 3.63) is 23.4 Å². The third-order valence-corrected chi connectivity index (χ3v) is 3.10. The minimum atomic E-state index is -4.40. The number of rotatable bonds is 4.